The van der Waals surface area contributed by atoms with Gasteiger partial charge in [0.25, 0.3) is 0 Å². The smallest absolute Gasteiger partial charge is 0.0310 e. The van der Waals surface area contributed by atoms with Crippen LogP contribution >= 0.6 is 11.6 Å². The van der Waals surface area contributed by atoms with E-state index in [1.54, 1.807) is 0 Å². The first-order chi connectivity index (χ1) is 7.39. The summed E-state index contributed by atoms with van der Waals surface area (Å²) >= 11 is 5.78. The van der Waals surface area contributed by atoms with Gasteiger partial charge >= 0.3 is 0 Å². The topological polar surface area (TPSA) is 12.0 Å². The first-order valence-corrected chi connectivity index (χ1v) is 6.84. The third-order valence-corrected chi connectivity index (χ3v) is 3.91. The van der Waals surface area contributed by atoms with Gasteiger partial charge in [-0.3, -0.25) is 0 Å². The predicted molar refractivity (Wildman–Crippen MR) is 72.8 cm³/mol. The van der Waals surface area contributed by atoms with E-state index in [0.717, 1.165) is 17.5 Å². The molecule has 0 bridgehead atoms. The van der Waals surface area contributed by atoms with Crippen LogP contribution in [0.5, 0.6) is 0 Å². The van der Waals surface area contributed by atoms with Gasteiger partial charge in [-0.1, -0.05) is 45.4 Å². The summed E-state index contributed by atoms with van der Waals surface area (Å²) in [6, 6.07) is 0.642. The Hall–Kier alpha value is -0.0100. The Bertz CT molecular complexity index is 229. The summed E-state index contributed by atoms with van der Waals surface area (Å²) in [5.74, 6) is 0.874. The second-order valence-electron chi connectivity index (χ2n) is 6.17. The van der Waals surface area contributed by atoms with Gasteiger partial charge in [-0.25, -0.2) is 0 Å². The molecule has 94 valence electrons. The van der Waals surface area contributed by atoms with E-state index in [1.165, 1.54) is 32.1 Å². The van der Waals surface area contributed by atoms with Crippen LogP contribution < -0.4 is 5.32 Å². The Labute approximate surface area is 106 Å². The molecular formula is C14H26ClN. The van der Waals surface area contributed by atoms with Gasteiger partial charge in [0.15, 0.2) is 0 Å². The summed E-state index contributed by atoms with van der Waals surface area (Å²) in [7, 11) is 0. The largest absolute Gasteiger partial charge is 0.309 e. The molecule has 2 heteroatoms. The van der Waals surface area contributed by atoms with Crippen molar-refractivity contribution in [2.75, 3.05) is 6.54 Å². The lowest BCUT2D eigenvalue weighted by atomic mass is 9.76. The van der Waals surface area contributed by atoms with Crippen molar-refractivity contribution in [2.45, 2.75) is 58.9 Å². The molecule has 0 aliphatic heterocycles. The summed E-state index contributed by atoms with van der Waals surface area (Å²) in [5, 5.41) is 4.22. The zero-order valence-electron chi connectivity index (χ0n) is 11.0. The third-order valence-electron chi connectivity index (χ3n) is 3.78. The van der Waals surface area contributed by atoms with Crippen LogP contribution in [0.25, 0.3) is 0 Å². The molecule has 2 atom stereocenters. The van der Waals surface area contributed by atoms with E-state index in [1.807, 2.05) is 0 Å². The highest BCUT2D eigenvalue weighted by atomic mass is 35.5. The Morgan fingerprint density at radius 1 is 1.25 bits per heavy atom. The van der Waals surface area contributed by atoms with Gasteiger partial charge in [0.1, 0.15) is 0 Å². The molecule has 2 unspecified atom stereocenters. The molecule has 0 aromatic carbocycles. The highest BCUT2D eigenvalue weighted by Crippen LogP contribution is 2.36. The van der Waals surface area contributed by atoms with Crippen LogP contribution in [0.1, 0.15) is 52.9 Å². The van der Waals surface area contributed by atoms with E-state index >= 15 is 0 Å². The van der Waals surface area contributed by atoms with Crippen molar-refractivity contribution in [3.05, 3.63) is 11.6 Å². The highest BCUT2D eigenvalue weighted by molar-refractivity contribution is 6.29. The van der Waals surface area contributed by atoms with Crippen molar-refractivity contribution in [3.8, 4) is 0 Å². The third kappa shape index (κ3) is 4.88. The fourth-order valence-corrected chi connectivity index (χ4v) is 2.70. The first-order valence-electron chi connectivity index (χ1n) is 6.46. The van der Waals surface area contributed by atoms with Crippen LogP contribution in [0.4, 0.5) is 0 Å². The van der Waals surface area contributed by atoms with Crippen molar-refractivity contribution < 1.29 is 0 Å². The molecule has 1 fully saturated rings. The van der Waals surface area contributed by atoms with Crippen molar-refractivity contribution in [2.24, 2.45) is 11.3 Å². The average Bonchev–Trinajstić information content (AvgIpc) is 2.38. The molecule has 1 saturated carbocycles. The summed E-state index contributed by atoms with van der Waals surface area (Å²) in [6.45, 7) is 11.6. The zero-order valence-corrected chi connectivity index (χ0v) is 11.7. The lowest BCUT2D eigenvalue weighted by Crippen LogP contribution is -2.29. The van der Waals surface area contributed by atoms with E-state index in [9.17, 15) is 0 Å². The van der Waals surface area contributed by atoms with E-state index in [-0.39, 0.29) is 0 Å². The predicted octanol–water partition coefficient (Wildman–Crippen LogP) is 4.32. The lowest BCUT2D eigenvalue weighted by molar-refractivity contribution is 0.213. The Morgan fingerprint density at radius 3 is 2.50 bits per heavy atom. The van der Waals surface area contributed by atoms with Crippen molar-refractivity contribution in [1.29, 1.82) is 0 Å². The molecular weight excluding hydrogens is 218 g/mol. The van der Waals surface area contributed by atoms with E-state index in [4.69, 9.17) is 11.6 Å². The number of hydrogen-bond acceptors (Lipinski definition) is 1. The molecule has 1 aliphatic rings. The Kier molecular flexibility index (Phi) is 5.33. The number of rotatable bonds is 3. The number of hydrogen-bond donors (Lipinski definition) is 1. The summed E-state index contributed by atoms with van der Waals surface area (Å²) < 4.78 is 0. The standard InChI is InChI=1S/C14H26ClN/c1-11(15)10-16-13-7-5-6-12(8-9-13)14(2,3)4/h12-13,16H,1,5-10H2,2-4H3. The molecule has 0 amide bonds. The van der Waals surface area contributed by atoms with E-state index in [2.05, 4.69) is 32.7 Å². The van der Waals surface area contributed by atoms with Crippen molar-refractivity contribution in [3.63, 3.8) is 0 Å². The van der Waals surface area contributed by atoms with E-state index < -0.39 is 0 Å². The molecule has 1 N–H and O–H groups in total. The van der Waals surface area contributed by atoms with Crippen LogP contribution in [0.2, 0.25) is 0 Å². The second kappa shape index (κ2) is 6.07. The van der Waals surface area contributed by atoms with Crippen molar-refractivity contribution in [1.82, 2.24) is 5.32 Å². The van der Waals surface area contributed by atoms with Gasteiger partial charge < -0.3 is 5.32 Å². The number of halogens is 1. The van der Waals surface area contributed by atoms with Gasteiger partial charge in [-0.05, 0) is 37.0 Å². The monoisotopic (exact) mass is 243 g/mol. The maximum atomic E-state index is 5.78. The van der Waals surface area contributed by atoms with Crippen LogP contribution in [0.3, 0.4) is 0 Å². The molecule has 0 aromatic heterocycles. The minimum Gasteiger partial charge on any atom is -0.309 e. The van der Waals surface area contributed by atoms with Crippen LogP contribution in [-0.2, 0) is 0 Å². The molecule has 0 saturated heterocycles. The van der Waals surface area contributed by atoms with Gasteiger partial charge in [0.2, 0.25) is 0 Å². The van der Waals surface area contributed by atoms with Gasteiger partial charge in [0, 0.05) is 17.6 Å². The maximum absolute atomic E-state index is 5.78. The molecule has 1 aliphatic carbocycles. The molecule has 16 heavy (non-hydrogen) atoms. The summed E-state index contributed by atoms with van der Waals surface area (Å²) in [4.78, 5) is 0. The average molecular weight is 244 g/mol. The van der Waals surface area contributed by atoms with Crippen LogP contribution in [-0.4, -0.2) is 12.6 Å². The molecule has 0 aromatic rings. The fourth-order valence-electron chi connectivity index (χ4n) is 2.63. The maximum Gasteiger partial charge on any atom is 0.0310 e. The lowest BCUT2D eigenvalue weighted by Gasteiger charge is -2.29. The minimum atomic E-state index is 0.463. The summed E-state index contributed by atoms with van der Waals surface area (Å²) in [6.07, 6.45) is 6.64. The molecule has 0 radical (unpaired) electrons. The van der Waals surface area contributed by atoms with Gasteiger partial charge in [-0.2, -0.15) is 0 Å². The zero-order chi connectivity index (χ0) is 12.2. The highest BCUT2D eigenvalue weighted by Gasteiger charge is 2.27. The molecule has 0 heterocycles. The molecule has 0 spiro atoms. The Morgan fingerprint density at radius 2 is 1.94 bits per heavy atom. The van der Waals surface area contributed by atoms with Gasteiger partial charge in [0.05, 0.1) is 0 Å². The molecule has 1 rings (SSSR count). The minimum absolute atomic E-state index is 0.463. The van der Waals surface area contributed by atoms with Crippen LogP contribution in [0, 0.1) is 11.3 Å². The van der Waals surface area contributed by atoms with Gasteiger partial charge in [-0.15, -0.1) is 0 Å². The normalized spacial score (nSPS) is 27.5. The second-order valence-corrected chi connectivity index (χ2v) is 6.70. The summed E-state index contributed by atoms with van der Waals surface area (Å²) in [5.41, 5.74) is 0.463. The Balaban J connectivity index is 2.37. The quantitative estimate of drug-likeness (QED) is 0.728. The van der Waals surface area contributed by atoms with E-state index in [0.29, 0.717) is 11.5 Å². The number of nitrogens with one attached hydrogen (secondary N) is 1. The SMILES string of the molecule is C=C(Cl)CNC1CCCC(C(C)(C)C)CC1. The molecule has 1 nitrogen and oxygen atoms in total. The van der Waals surface area contributed by atoms with Crippen LogP contribution in [0.15, 0.2) is 11.6 Å². The fraction of sp³-hybridized carbons (Fsp3) is 0.857. The first kappa shape index (κ1) is 14.1. The van der Waals surface area contributed by atoms with Crippen molar-refractivity contribution >= 4 is 11.6 Å².